The Labute approximate surface area is 157 Å². The molecule has 3 nitrogen and oxygen atoms in total. The molecule has 0 saturated carbocycles. The first-order chi connectivity index (χ1) is 12.9. The molecule has 2 aromatic carbocycles. The number of carbonyl (C=O) groups is 1. The fourth-order valence-corrected chi connectivity index (χ4v) is 3.25. The van der Waals surface area contributed by atoms with Crippen LogP contribution in [-0.2, 0) is 12.4 Å². The fourth-order valence-electron chi connectivity index (χ4n) is 2.43. The zero-order valence-electron chi connectivity index (χ0n) is 13.6. The van der Waals surface area contributed by atoms with Crippen LogP contribution in [0.1, 0.15) is 21.5 Å². The van der Waals surface area contributed by atoms with Crippen LogP contribution in [0.4, 0.5) is 26.3 Å². The van der Waals surface area contributed by atoms with Crippen molar-refractivity contribution in [3.8, 4) is 21.8 Å². The van der Waals surface area contributed by atoms with E-state index in [1.807, 2.05) is 0 Å². The summed E-state index contributed by atoms with van der Waals surface area (Å²) in [6.07, 6.45) is -9.91. The van der Waals surface area contributed by atoms with Crippen LogP contribution in [0, 0.1) is 0 Å². The molecule has 3 rings (SSSR count). The smallest absolute Gasteiger partial charge is 0.416 e. The van der Waals surface area contributed by atoms with E-state index in [4.69, 9.17) is 5.11 Å². The molecule has 0 fully saturated rings. The molecule has 1 N–H and O–H groups in total. The third-order valence-electron chi connectivity index (χ3n) is 3.74. The van der Waals surface area contributed by atoms with Gasteiger partial charge in [-0.25, -0.2) is 9.78 Å². The number of carboxylic acids is 1. The van der Waals surface area contributed by atoms with Crippen molar-refractivity contribution in [2.45, 2.75) is 12.4 Å². The van der Waals surface area contributed by atoms with E-state index in [1.165, 1.54) is 23.6 Å². The topological polar surface area (TPSA) is 50.2 Å². The standard InChI is InChI=1S/C18H9F6NO2S/c19-17(20,21)12-5-11(6-13(7-12)18(22,23)24)14-8-28-15(25-14)9-2-1-3-10(4-9)16(26)27/h1-8H,(H,26,27). The number of thiazole rings is 1. The molecule has 0 bridgehead atoms. The van der Waals surface area contributed by atoms with Gasteiger partial charge in [0.05, 0.1) is 22.4 Å². The van der Waals surface area contributed by atoms with Crippen molar-refractivity contribution in [3.63, 3.8) is 0 Å². The van der Waals surface area contributed by atoms with Gasteiger partial charge in [0.1, 0.15) is 5.01 Å². The Bertz CT molecular complexity index is 1010. The van der Waals surface area contributed by atoms with Gasteiger partial charge in [-0.05, 0) is 30.3 Å². The van der Waals surface area contributed by atoms with Crippen LogP contribution in [0.3, 0.4) is 0 Å². The molecule has 3 aromatic rings. The van der Waals surface area contributed by atoms with Crippen molar-refractivity contribution < 1.29 is 36.2 Å². The van der Waals surface area contributed by atoms with Gasteiger partial charge >= 0.3 is 18.3 Å². The maximum absolute atomic E-state index is 13.0. The molecule has 146 valence electrons. The lowest BCUT2D eigenvalue weighted by molar-refractivity contribution is -0.143. The van der Waals surface area contributed by atoms with E-state index in [9.17, 15) is 31.1 Å². The van der Waals surface area contributed by atoms with Crippen molar-refractivity contribution in [1.82, 2.24) is 4.98 Å². The van der Waals surface area contributed by atoms with Crippen molar-refractivity contribution in [1.29, 1.82) is 0 Å². The second-order valence-electron chi connectivity index (χ2n) is 5.72. The van der Waals surface area contributed by atoms with Gasteiger partial charge in [0.15, 0.2) is 0 Å². The quantitative estimate of drug-likeness (QED) is 0.516. The molecule has 0 saturated heterocycles. The third-order valence-corrected chi connectivity index (χ3v) is 4.64. The molecule has 0 atom stereocenters. The average Bonchev–Trinajstić information content (AvgIpc) is 3.10. The number of nitrogens with zero attached hydrogens (tertiary/aromatic N) is 1. The van der Waals surface area contributed by atoms with E-state index in [-0.39, 0.29) is 27.9 Å². The number of carboxylic acid groups (broad SMARTS) is 1. The van der Waals surface area contributed by atoms with E-state index in [0.29, 0.717) is 17.7 Å². The van der Waals surface area contributed by atoms with Crippen LogP contribution in [0.15, 0.2) is 47.8 Å². The van der Waals surface area contributed by atoms with Crippen LogP contribution >= 0.6 is 11.3 Å². The number of rotatable bonds is 3. The molecule has 1 aromatic heterocycles. The summed E-state index contributed by atoms with van der Waals surface area (Å²) in [7, 11) is 0. The minimum atomic E-state index is -4.95. The van der Waals surface area contributed by atoms with Crippen molar-refractivity contribution in [3.05, 3.63) is 64.5 Å². The van der Waals surface area contributed by atoms with Gasteiger partial charge in [0.2, 0.25) is 0 Å². The molecule has 0 aliphatic heterocycles. The van der Waals surface area contributed by atoms with E-state index in [2.05, 4.69) is 4.98 Å². The molecule has 0 aliphatic rings. The highest BCUT2D eigenvalue weighted by molar-refractivity contribution is 7.13. The Balaban J connectivity index is 2.08. The molecular weight excluding hydrogens is 408 g/mol. The SMILES string of the molecule is O=C(O)c1cccc(-c2nc(-c3cc(C(F)(F)F)cc(C(F)(F)F)c3)cs2)c1. The zero-order chi connectivity index (χ0) is 20.7. The molecule has 1 heterocycles. The third kappa shape index (κ3) is 4.16. The number of halogens is 6. The Hall–Kier alpha value is -2.88. The van der Waals surface area contributed by atoms with Gasteiger partial charge in [-0.3, -0.25) is 0 Å². The maximum atomic E-state index is 13.0. The predicted octanol–water partition coefficient (Wildman–Crippen LogP) is 6.21. The molecular formula is C18H9F6NO2S. The van der Waals surface area contributed by atoms with Crippen LogP contribution in [-0.4, -0.2) is 16.1 Å². The number of aromatic carboxylic acids is 1. The second kappa shape index (κ2) is 6.93. The van der Waals surface area contributed by atoms with Gasteiger partial charge < -0.3 is 5.11 Å². The largest absolute Gasteiger partial charge is 0.478 e. The summed E-state index contributed by atoms with van der Waals surface area (Å²) in [4.78, 5) is 15.1. The summed E-state index contributed by atoms with van der Waals surface area (Å²) in [5, 5.41) is 10.6. The predicted molar refractivity (Wildman–Crippen MR) is 89.9 cm³/mol. The molecule has 0 spiro atoms. The van der Waals surface area contributed by atoms with Gasteiger partial charge in [0.25, 0.3) is 0 Å². The lowest BCUT2D eigenvalue weighted by Crippen LogP contribution is -2.11. The number of aromatic nitrogens is 1. The molecule has 0 aliphatic carbocycles. The molecule has 0 radical (unpaired) electrons. The molecule has 28 heavy (non-hydrogen) atoms. The van der Waals surface area contributed by atoms with Crippen LogP contribution in [0.25, 0.3) is 21.8 Å². The number of hydrogen-bond acceptors (Lipinski definition) is 3. The Morgan fingerprint density at radius 2 is 1.50 bits per heavy atom. The van der Waals surface area contributed by atoms with Crippen LogP contribution in [0.2, 0.25) is 0 Å². The lowest BCUT2D eigenvalue weighted by Gasteiger charge is -2.13. The first-order valence-electron chi connectivity index (χ1n) is 7.54. The van der Waals surface area contributed by atoms with Gasteiger partial charge in [0, 0.05) is 16.5 Å². The normalized spacial score (nSPS) is 12.2. The number of benzene rings is 2. The van der Waals surface area contributed by atoms with Crippen LogP contribution < -0.4 is 0 Å². The summed E-state index contributed by atoms with van der Waals surface area (Å²) >= 11 is 0.978. The van der Waals surface area contributed by atoms with E-state index < -0.39 is 29.4 Å². The van der Waals surface area contributed by atoms with Crippen molar-refractivity contribution in [2.24, 2.45) is 0 Å². The fraction of sp³-hybridized carbons (Fsp3) is 0.111. The summed E-state index contributed by atoms with van der Waals surface area (Å²) in [6.45, 7) is 0. The first-order valence-corrected chi connectivity index (χ1v) is 8.42. The van der Waals surface area contributed by atoms with Crippen molar-refractivity contribution in [2.75, 3.05) is 0 Å². The summed E-state index contributed by atoms with van der Waals surface area (Å²) in [5.41, 5.74) is -2.90. The summed E-state index contributed by atoms with van der Waals surface area (Å²) in [6, 6.07) is 6.92. The highest BCUT2D eigenvalue weighted by Crippen LogP contribution is 2.39. The Kier molecular flexibility index (Phi) is 4.92. The number of alkyl halides is 6. The molecule has 0 unspecified atom stereocenters. The maximum Gasteiger partial charge on any atom is 0.416 e. The van der Waals surface area contributed by atoms with Crippen LogP contribution in [0.5, 0.6) is 0 Å². The van der Waals surface area contributed by atoms with E-state index >= 15 is 0 Å². The lowest BCUT2D eigenvalue weighted by atomic mass is 10.0. The van der Waals surface area contributed by atoms with Gasteiger partial charge in [-0.1, -0.05) is 12.1 Å². The summed E-state index contributed by atoms with van der Waals surface area (Å²) < 4.78 is 78.0. The van der Waals surface area contributed by atoms with E-state index in [0.717, 1.165) is 11.3 Å². The Morgan fingerprint density at radius 1 is 0.893 bits per heavy atom. The Morgan fingerprint density at radius 3 is 2.04 bits per heavy atom. The zero-order valence-corrected chi connectivity index (χ0v) is 14.4. The highest BCUT2D eigenvalue weighted by atomic mass is 32.1. The average molecular weight is 417 g/mol. The minimum Gasteiger partial charge on any atom is -0.478 e. The molecule has 10 heteroatoms. The molecule has 0 amide bonds. The number of hydrogen-bond donors (Lipinski definition) is 1. The minimum absolute atomic E-state index is 0.0207. The van der Waals surface area contributed by atoms with Gasteiger partial charge in [-0.15, -0.1) is 11.3 Å². The highest BCUT2D eigenvalue weighted by Gasteiger charge is 2.37. The van der Waals surface area contributed by atoms with Gasteiger partial charge in [-0.2, -0.15) is 26.3 Å². The second-order valence-corrected chi connectivity index (χ2v) is 6.58. The van der Waals surface area contributed by atoms with E-state index in [1.54, 1.807) is 6.07 Å². The summed E-state index contributed by atoms with van der Waals surface area (Å²) in [5.74, 6) is -1.17. The van der Waals surface area contributed by atoms with Crippen molar-refractivity contribution >= 4 is 17.3 Å². The monoisotopic (exact) mass is 417 g/mol. The first kappa shape index (κ1) is 19.9.